The zero-order valence-corrected chi connectivity index (χ0v) is 13.7. The van der Waals surface area contributed by atoms with Gasteiger partial charge in [0.15, 0.2) is 11.6 Å². The minimum atomic E-state index is -3.99. The fourth-order valence-electron chi connectivity index (χ4n) is 2.16. The summed E-state index contributed by atoms with van der Waals surface area (Å²) in [6.07, 6.45) is 1.34. The predicted octanol–water partition coefficient (Wildman–Crippen LogP) is 2.90. The average molecular weight is 361 g/mol. The third kappa shape index (κ3) is 4.04. The molecule has 8 heteroatoms. The van der Waals surface area contributed by atoms with E-state index in [1.54, 1.807) is 6.07 Å². The van der Waals surface area contributed by atoms with Gasteiger partial charge in [0.05, 0.1) is 22.8 Å². The summed E-state index contributed by atoms with van der Waals surface area (Å²) >= 11 is 0. The van der Waals surface area contributed by atoms with Crippen LogP contribution in [0, 0.1) is 11.6 Å². The van der Waals surface area contributed by atoms with Gasteiger partial charge in [-0.1, -0.05) is 30.3 Å². The standard InChI is InChI=1S/C17H13F2N3O2S/c18-15-7-6-14(9-16(15)19)25(23,24)22-10-13-8-17(21-11-20-13)12-4-2-1-3-5-12/h1-9,11,22H,10H2. The maximum Gasteiger partial charge on any atom is 0.241 e. The molecule has 0 aliphatic rings. The van der Waals surface area contributed by atoms with Crippen LogP contribution in [0.15, 0.2) is 65.8 Å². The Kier molecular flexibility index (Phi) is 4.82. The van der Waals surface area contributed by atoms with Crippen LogP contribution < -0.4 is 4.72 Å². The van der Waals surface area contributed by atoms with Crippen molar-refractivity contribution in [1.82, 2.24) is 14.7 Å². The number of benzene rings is 2. The fraction of sp³-hybridized carbons (Fsp3) is 0.0588. The first kappa shape index (κ1) is 17.1. The third-order valence-corrected chi connectivity index (χ3v) is 4.84. The van der Waals surface area contributed by atoms with E-state index in [-0.39, 0.29) is 11.4 Å². The Labute approximate surface area is 143 Å². The van der Waals surface area contributed by atoms with Crippen molar-refractivity contribution in [2.24, 2.45) is 0 Å². The van der Waals surface area contributed by atoms with Gasteiger partial charge in [-0.3, -0.25) is 0 Å². The van der Waals surface area contributed by atoms with Crippen molar-refractivity contribution in [2.75, 3.05) is 0 Å². The van der Waals surface area contributed by atoms with Gasteiger partial charge in [-0.05, 0) is 24.3 Å². The van der Waals surface area contributed by atoms with Gasteiger partial charge < -0.3 is 0 Å². The lowest BCUT2D eigenvalue weighted by molar-refractivity contribution is 0.504. The number of rotatable bonds is 5. The van der Waals surface area contributed by atoms with E-state index in [2.05, 4.69) is 14.7 Å². The number of aromatic nitrogens is 2. The predicted molar refractivity (Wildman–Crippen MR) is 87.9 cm³/mol. The normalized spacial score (nSPS) is 11.4. The highest BCUT2D eigenvalue weighted by atomic mass is 32.2. The van der Waals surface area contributed by atoms with Crippen LogP contribution in [0.1, 0.15) is 5.69 Å². The molecule has 0 bridgehead atoms. The van der Waals surface area contributed by atoms with E-state index in [1.165, 1.54) is 6.33 Å². The second-order valence-electron chi connectivity index (χ2n) is 5.16. The molecule has 3 rings (SSSR count). The fourth-order valence-corrected chi connectivity index (χ4v) is 3.17. The first-order chi connectivity index (χ1) is 12.0. The van der Waals surface area contributed by atoms with Gasteiger partial charge in [0, 0.05) is 5.56 Å². The number of hydrogen-bond acceptors (Lipinski definition) is 4. The minimum absolute atomic E-state index is 0.107. The summed E-state index contributed by atoms with van der Waals surface area (Å²) in [6.45, 7) is -0.107. The summed E-state index contributed by atoms with van der Waals surface area (Å²) in [5.74, 6) is -2.33. The minimum Gasteiger partial charge on any atom is -0.240 e. The Morgan fingerprint density at radius 1 is 0.920 bits per heavy atom. The van der Waals surface area contributed by atoms with Crippen LogP contribution in [-0.2, 0) is 16.6 Å². The Bertz CT molecular complexity index is 996. The van der Waals surface area contributed by atoms with Crippen molar-refractivity contribution in [1.29, 1.82) is 0 Å². The van der Waals surface area contributed by atoms with Crippen molar-refractivity contribution in [2.45, 2.75) is 11.4 Å². The summed E-state index contributed by atoms with van der Waals surface area (Å²) in [5, 5.41) is 0. The van der Waals surface area contributed by atoms with Crippen LogP contribution in [0.3, 0.4) is 0 Å². The largest absolute Gasteiger partial charge is 0.241 e. The van der Waals surface area contributed by atoms with E-state index in [4.69, 9.17) is 0 Å². The molecule has 2 aromatic carbocycles. The molecular weight excluding hydrogens is 348 g/mol. The van der Waals surface area contributed by atoms with E-state index < -0.39 is 21.7 Å². The molecule has 0 aliphatic carbocycles. The van der Waals surface area contributed by atoms with Crippen molar-refractivity contribution in [3.8, 4) is 11.3 Å². The van der Waals surface area contributed by atoms with Gasteiger partial charge in [0.1, 0.15) is 6.33 Å². The molecule has 0 saturated heterocycles. The van der Waals surface area contributed by atoms with Gasteiger partial charge in [-0.15, -0.1) is 0 Å². The van der Waals surface area contributed by atoms with Gasteiger partial charge >= 0.3 is 0 Å². The molecule has 0 fully saturated rings. The second kappa shape index (κ2) is 7.04. The topological polar surface area (TPSA) is 72.0 Å². The molecule has 1 N–H and O–H groups in total. The summed E-state index contributed by atoms with van der Waals surface area (Å²) in [5.41, 5.74) is 1.97. The zero-order valence-electron chi connectivity index (χ0n) is 12.9. The monoisotopic (exact) mass is 361 g/mol. The van der Waals surface area contributed by atoms with E-state index in [0.717, 1.165) is 17.7 Å². The molecule has 128 valence electrons. The van der Waals surface area contributed by atoms with Gasteiger partial charge in [-0.25, -0.2) is 31.9 Å². The molecular formula is C17H13F2N3O2S. The highest BCUT2D eigenvalue weighted by molar-refractivity contribution is 7.89. The number of hydrogen-bond donors (Lipinski definition) is 1. The summed E-state index contributed by atoms with van der Waals surface area (Å²) < 4.78 is 52.8. The van der Waals surface area contributed by atoms with Crippen LogP contribution in [0.5, 0.6) is 0 Å². The SMILES string of the molecule is O=S(=O)(NCc1cc(-c2ccccc2)ncn1)c1ccc(F)c(F)c1. The highest BCUT2D eigenvalue weighted by Crippen LogP contribution is 2.17. The maximum absolute atomic E-state index is 13.2. The van der Waals surface area contributed by atoms with Crippen LogP contribution in [0.4, 0.5) is 8.78 Å². The number of nitrogens with one attached hydrogen (secondary N) is 1. The molecule has 0 saturated carbocycles. The van der Waals surface area contributed by atoms with E-state index in [0.29, 0.717) is 17.5 Å². The third-order valence-electron chi connectivity index (χ3n) is 3.44. The van der Waals surface area contributed by atoms with Crippen LogP contribution in [0.25, 0.3) is 11.3 Å². The lowest BCUT2D eigenvalue weighted by Gasteiger charge is -2.08. The van der Waals surface area contributed by atoms with Crippen LogP contribution >= 0.6 is 0 Å². The van der Waals surface area contributed by atoms with Crippen molar-refractivity contribution in [3.05, 3.63) is 78.3 Å². The Hall–Kier alpha value is -2.71. The Balaban J connectivity index is 1.78. The molecule has 1 aromatic heterocycles. The smallest absolute Gasteiger partial charge is 0.240 e. The summed E-state index contributed by atoms with van der Waals surface area (Å²) in [4.78, 5) is 7.82. The van der Waals surface area contributed by atoms with Gasteiger partial charge in [0.25, 0.3) is 0 Å². The van der Waals surface area contributed by atoms with Gasteiger partial charge in [-0.2, -0.15) is 0 Å². The number of halogens is 2. The quantitative estimate of drug-likeness (QED) is 0.758. The van der Waals surface area contributed by atoms with E-state index in [1.807, 2.05) is 30.3 Å². The van der Waals surface area contributed by atoms with Crippen LogP contribution in [-0.4, -0.2) is 18.4 Å². The van der Waals surface area contributed by atoms with E-state index in [9.17, 15) is 17.2 Å². The van der Waals surface area contributed by atoms with Crippen molar-refractivity contribution >= 4 is 10.0 Å². The molecule has 0 unspecified atom stereocenters. The molecule has 3 aromatic rings. The molecule has 0 aliphatic heterocycles. The molecule has 0 atom stereocenters. The van der Waals surface area contributed by atoms with Crippen molar-refractivity contribution in [3.63, 3.8) is 0 Å². The first-order valence-corrected chi connectivity index (χ1v) is 8.75. The second-order valence-corrected chi connectivity index (χ2v) is 6.93. The molecule has 0 radical (unpaired) electrons. The lowest BCUT2D eigenvalue weighted by atomic mass is 10.1. The molecule has 5 nitrogen and oxygen atoms in total. The lowest BCUT2D eigenvalue weighted by Crippen LogP contribution is -2.24. The number of sulfonamides is 1. The molecule has 0 spiro atoms. The average Bonchev–Trinajstić information content (AvgIpc) is 2.63. The summed E-state index contributed by atoms with van der Waals surface area (Å²) in [6, 6.07) is 13.4. The zero-order chi connectivity index (χ0) is 17.9. The van der Waals surface area contributed by atoms with E-state index >= 15 is 0 Å². The highest BCUT2D eigenvalue weighted by Gasteiger charge is 2.16. The Morgan fingerprint density at radius 2 is 1.68 bits per heavy atom. The van der Waals surface area contributed by atoms with Gasteiger partial charge in [0.2, 0.25) is 10.0 Å². The molecule has 0 amide bonds. The summed E-state index contributed by atoms with van der Waals surface area (Å²) in [7, 11) is -3.99. The number of nitrogens with zero attached hydrogens (tertiary/aromatic N) is 2. The Morgan fingerprint density at radius 3 is 2.40 bits per heavy atom. The van der Waals surface area contributed by atoms with Crippen molar-refractivity contribution < 1.29 is 17.2 Å². The molecule has 25 heavy (non-hydrogen) atoms. The first-order valence-electron chi connectivity index (χ1n) is 7.27. The maximum atomic E-state index is 13.2. The van der Waals surface area contributed by atoms with Crippen LogP contribution in [0.2, 0.25) is 0 Å². The molecule has 1 heterocycles.